The van der Waals surface area contributed by atoms with Gasteiger partial charge in [-0.3, -0.25) is 0 Å². The lowest BCUT2D eigenvalue weighted by Gasteiger charge is -2.20. The molecule has 4 aromatic carbocycles. The van der Waals surface area contributed by atoms with Crippen LogP contribution in [0.2, 0.25) is 0 Å². The lowest BCUT2D eigenvalue weighted by molar-refractivity contribution is 0.541. The molecule has 1 heteroatoms. The fraction of sp³-hybridized carbons (Fsp3) is 0.226. The van der Waals surface area contributed by atoms with Gasteiger partial charge < -0.3 is 5.32 Å². The standard InChI is InChI=1S/C17H20.C14H15N/c1-14(2)13-17(15-9-5-3-6-10-15)16-11-7-4-8-12-16;1-11-3-7-13(8-4-11)15-14-9-5-12(2)6-10-14/h3-12,14,17H,13H2,1-2H3;3-10,15H,1-2H3. The maximum Gasteiger partial charge on any atom is 0.0384 e. The van der Waals surface area contributed by atoms with Crippen LogP contribution in [0.4, 0.5) is 11.4 Å². The maximum absolute atomic E-state index is 3.36. The molecular formula is C31H35N. The Morgan fingerprint density at radius 1 is 0.531 bits per heavy atom. The predicted octanol–water partition coefficient (Wildman–Crippen LogP) is 8.91. The molecule has 4 rings (SSSR count). The van der Waals surface area contributed by atoms with E-state index >= 15 is 0 Å². The fourth-order valence-corrected chi connectivity index (χ4v) is 3.75. The van der Waals surface area contributed by atoms with Crippen LogP contribution in [0.1, 0.15) is 48.4 Å². The van der Waals surface area contributed by atoms with Crippen LogP contribution in [-0.2, 0) is 0 Å². The van der Waals surface area contributed by atoms with Crippen LogP contribution in [-0.4, -0.2) is 0 Å². The van der Waals surface area contributed by atoms with Gasteiger partial charge >= 0.3 is 0 Å². The van der Waals surface area contributed by atoms with Crippen molar-refractivity contribution in [2.75, 3.05) is 5.32 Å². The summed E-state index contributed by atoms with van der Waals surface area (Å²) in [5.74, 6) is 1.23. The summed E-state index contributed by atoms with van der Waals surface area (Å²) >= 11 is 0. The number of rotatable bonds is 6. The Kier molecular flexibility index (Phi) is 8.69. The van der Waals surface area contributed by atoms with E-state index in [2.05, 4.69) is 142 Å². The van der Waals surface area contributed by atoms with E-state index in [1.165, 1.54) is 28.7 Å². The van der Waals surface area contributed by atoms with Gasteiger partial charge in [-0.1, -0.05) is 110 Å². The van der Waals surface area contributed by atoms with Crippen LogP contribution in [0.25, 0.3) is 0 Å². The molecule has 4 aromatic rings. The van der Waals surface area contributed by atoms with Crippen molar-refractivity contribution in [3.05, 3.63) is 131 Å². The maximum atomic E-state index is 3.36. The summed E-state index contributed by atoms with van der Waals surface area (Å²) in [6.45, 7) is 8.77. The van der Waals surface area contributed by atoms with Gasteiger partial charge in [-0.25, -0.2) is 0 Å². The van der Waals surface area contributed by atoms with Crippen LogP contribution >= 0.6 is 0 Å². The zero-order valence-electron chi connectivity index (χ0n) is 19.8. The van der Waals surface area contributed by atoms with Crippen molar-refractivity contribution >= 4 is 11.4 Å². The highest BCUT2D eigenvalue weighted by Crippen LogP contribution is 2.30. The summed E-state index contributed by atoms with van der Waals surface area (Å²) in [6, 6.07) is 38.4. The Morgan fingerprint density at radius 3 is 1.25 bits per heavy atom. The zero-order chi connectivity index (χ0) is 22.8. The van der Waals surface area contributed by atoms with Crippen molar-refractivity contribution in [1.82, 2.24) is 0 Å². The molecule has 0 heterocycles. The lowest BCUT2D eigenvalue weighted by atomic mass is 9.85. The monoisotopic (exact) mass is 421 g/mol. The summed E-state index contributed by atoms with van der Waals surface area (Å²) in [5, 5.41) is 3.36. The van der Waals surface area contributed by atoms with Gasteiger partial charge in [-0.2, -0.15) is 0 Å². The van der Waals surface area contributed by atoms with Gasteiger partial charge in [0, 0.05) is 17.3 Å². The van der Waals surface area contributed by atoms with Crippen LogP contribution in [0.15, 0.2) is 109 Å². The van der Waals surface area contributed by atoms with E-state index in [-0.39, 0.29) is 0 Å². The third-order valence-corrected chi connectivity index (χ3v) is 5.50. The normalized spacial score (nSPS) is 10.6. The molecule has 164 valence electrons. The molecule has 0 saturated heterocycles. The van der Waals surface area contributed by atoms with Crippen molar-refractivity contribution < 1.29 is 0 Å². The van der Waals surface area contributed by atoms with E-state index in [1.807, 2.05) is 0 Å². The van der Waals surface area contributed by atoms with Crippen molar-refractivity contribution in [2.45, 2.75) is 40.0 Å². The third-order valence-electron chi connectivity index (χ3n) is 5.50. The molecule has 0 aliphatic carbocycles. The van der Waals surface area contributed by atoms with Gasteiger partial charge in [-0.05, 0) is 61.6 Å². The van der Waals surface area contributed by atoms with Crippen LogP contribution in [0, 0.1) is 19.8 Å². The van der Waals surface area contributed by atoms with Crippen molar-refractivity contribution in [3.8, 4) is 0 Å². The van der Waals surface area contributed by atoms with Gasteiger partial charge in [-0.15, -0.1) is 0 Å². The second-order valence-electron chi connectivity index (χ2n) is 8.86. The average Bonchev–Trinajstić information content (AvgIpc) is 2.82. The summed E-state index contributed by atoms with van der Waals surface area (Å²) in [6.07, 6.45) is 1.20. The van der Waals surface area contributed by atoms with Crippen molar-refractivity contribution in [2.24, 2.45) is 5.92 Å². The molecule has 0 saturated carbocycles. The van der Waals surface area contributed by atoms with Crippen molar-refractivity contribution in [3.63, 3.8) is 0 Å². The largest absolute Gasteiger partial charge is 0.356 e. The van der Waals surface area contributed by atoms with Gasteiger partial charge in [0.15, 0.2) is 0 Å². The first kappa shape index (κ1) is 23.3. The highest BCUT2D eigenvalue weighted by atomic mass is 14.9. The molecule has 0 unspecified atom stereocenters. The molecule has 0 bridgehead atoms. The van der Waals surface area contributed by atoms with Crippen molar-refractivity contribution in [1.29, 1.82) is 0 Å². The Balaban J connectivity index is 0.000000182. The Morgan fingerprint density at radius 2 is 0.906 bits per heavy atom. The van der Waals surface area contributed by atoms with E-state index in [4.69, 9.17) is 0 Å². The first-order valence-electron chi connectivity index (χ1n) is 11.5. The minimum absolute atomic E-state index is 0.525. The number of nitrogens with one attached hydrogen (secondary N) is 1. The van der Waals surface area contributed by atoms with Gasteiger partial charge in [0.25, 0.3) is 0 Å². The van der Waals surface area contributed by atoms with E-state index in [9.17, 15) is 0 Å². The molecule has 0 aromatic heterocycles. The third kappa shape index (κ3) is 7.42. The van der Waals surface area contributed by atoms with Crippen LogP contribution in [0.3, 0.4) is 0 Å². The van der Waals surface area contributed by atoms with Crippen LogP contribution < -0.4 is 5.32 Å². The fourth-order valence-electron chi connectivity index (χ4n) is 3.75. The highest BCUT2D eigenvalue weighted by Gasteiger charge is 2.14. The second-order valence-corrected chi connectivity index (χ2v) is 8.86. The SMILES string of the molecule is CC(C)CC(c1ccccc1)c1ccccc1.Cc1ccc(Nc2ccc(C)cc2)cc1. The van der Waals surface area contributed by atoms with E-state index in [0.717, 1.165) is 11.4 Å². The molecule has 0 aliphatic rings. The predicted molar refractivity (Wildman–Crippen MR) is 140 cm³/mol. The van der Waals surface area contributed by atoms with E-state index in [0.29, 0.717) is 11.8 Å². The number of benzene rings is 4. The van der Waals surface area contributed by atoms with Gasteiger partial charge in [0.05, 0.1) is 0 Å². The van der Waals surface area contributed by atoms with E-state index in [1.54, 1.807) is 0 Å². The average molecular weight is 422 g/mol. The minimum Gasteiger partial charge on any atom is -0.356 e. The smallest absolute Gasteiger partial charge is 0.0384 e. The molecule has 0 fully saturated rings. The lowest BCUT2D eigenvalue weighted by Crippen LogP contribution is -2.04. The molecule has 1 N–H and O–H groups in total. The quantitative estimate of drug-likeness (QED) is 0.328. The Bertz CT molecular complexity index is 950. The number of hydrogen-bond donors (Lipinski definition) is 1. The summed E-state index contributed by atoms with van der Waals surface area (Å²) in [4.78, 5) is 0. The minimum atomic E-state index is 0.525. The molecule has 1 nitrogen and oxygen atoms in total. The molecule has 0 aliphatic heterocycles. The van der Waals surface area contributed by atoms with Crippen LogP contribution in [0.5, 0.6) is 0 Å². The Hall–Kier alpha value is -3.32. The molecule has 0 spiro atoms. The molecule has 0 atom stereocenters. The summed E-state index contributed by atoms with van der Waals surface area (Å²) < 4.78 is 0. The first-order chi connectivity index (χ1) is 15.5. The summed E-state index contributed by atoms with van der Waals surface area (Å²) in [7, 11) is 0. The Labute approximate surface area is 194 Å². The summed E-state index contributed by atoms with van der Waals surface area (Å²) in [5.41, 5.74) is 7.67. The second kappa shape index (κ2) is 11.9. The number of anilines is 2. The molecular weight excluding hydrogens is 386 g/mol. The topological polar surface area (TPSA) is 12.0 Å². The van der Waals surface area contributed by atoms with E-state index < -0.39 is 0 Å². The highest BCUT2D eigenvalue weighted by molar-refractivity contribution is 5.59. The number of aryl methyl sites for hydroxylation is 2. The first-order valence-corrected chi connectivity index (χ1v) is 11.5. The molecule has 0 radical (unpaired) electrons. The van der Waals surface area contributed by atoms with Gasteiger partial charge in [0.1, 0.15) is 0 Å². The number of hydrogen-bond acceptors (Lipinski definition) is 1. The molecule has 32 heavy (non-hydrogen) atoms. The zero-order valence-corrected chi connectivity index (χ0v) is 19.8. The van der Waals surface area contributed by atoms with Gasteiger partial charge in [0.2, 0.25) is 0 Å². The molecule has 0 amide bonds.